The molecule has 3 aromatic heterocycles. The van der Waals surface area contributed by atoms with Gasteiger partial charge in [-0.25, -0.2) is 4.98 Å². The lowest BCUT2D eigenvalue weighted by atomic mass is 9.90. The molecular formula is C30H35N5O5S. The summed E-state index contributed by atoms with van der Waals surface area (Å²) in [5, 5.41) is 3.77. The van der Waals surface area contributed by atoms with Gasteiger partial charge in [0.2, 0.25) is 11.8 Å². The van der Waals surface area contributed by atoms with E-state index in [9.17, 15) is 14.4 Å². The topological polar surface area (TPSA) is 101 Å². The van der Waals surface area contributed by atoms with Gasteiger partial charge in [0.25, 0.3) is 5.56 Å². The van der Waals surface area contributed by atoms with Gasteiger partial charge in [0.05, 0.1) is 30.8 Å². The van der Waals surface area contributed by atoms with Crippen LogP contribution < -0.4 is 20.1 Å². The second kappa shape index (κ2) is 11.9. The van der Waals surface area contributed by atoms with E-state index in [1.807, 2.05) is 36.6 Å². The average molecular weight is 578 g/mol. The lowest BCUT2D eigenvalue weighted by molar-refractivity contribution is -0.137. The van der Waals surface area contributed by atoms with Gasteiger partial charge in [-0.3, -0.25) is 19.3 Å². The molecule has 4 aromatic rings. The van der Waals surface area contributed by atoms with Crippen LogP contribution in [0, 0.1) is 5.41 Å². The molecule has 0 atom stereocenters. The van der Waals surface area contributed by atoms with E-state index in [1.165, 1.54) is 6.26 Å². The molecule has 0 fully saturated rings. The number of thiazole rings is 1. The van der Waals surface area contributed by atoms with E-state index in [1.54, 1.807) is 65.1 Å². The number of ether oxygens (including phenoxy) is 1. The second-order valence-corrected chi connectivity index (χ2v) is 11.6. The molecule has 0 spiro atoms. The van der Waals surface area contributed by atoms with Crippen molar-refractivity contribution in [3.05, 3.63) is 69.7 Å². The summed E-state index contributed by atoms with van der Waals surface area (Å²) < 4.78 is 13.2. The zero-order chi connectivity index (χ0) is 29.1. The third-order valence-electron chi connectivity index (χ3n) is 7.51. The first kappa shape index (κ1) is 28.6. The predicted octanol–water partition coefficient (Wildman–Crippen LogP) is 4.38. The Balaban J connectivity index is 1.23. The molecule has 4 heterocycles. The van der Waals surface area contributed by atoms with Crippen LogP contribution in [0.1, 0.15) is 32.2 Å². The van der Waals surface area contributed by atoms with Crippen molar-refractivity contribution >= 4 is 45.5 Å². The standard InChI is InChI=1S/C30H35N5O5S/c1-5-35-23-8-7-22(19-24(23)32(4)28(37)30(2,3)29(35)38)39-16-6-12-33(20-25-31-11-18-41-25)14-15-34-13-9-21-10-17-40-26(21)27(34)36/h7-11,13,17-19H,5-6,12,14-16,20H2,1-4H3. The maximum atomic E-state index is 13.1. The van der Waals surface area contributed by atoms with Gasteiger partial charge < -0.3 is 23.5 Å². The monoisotopic (exact) mass is 577 g/mol. The minimum Gasteiger partial charge on any atom is -0.493 e. The third kappa shape index (κ3) is 5.77. The molecule has 10 nitrogen and oxygen atoms in total. The number of aromatic nitrogens is 2. The first-order chi connectivity index (χ1) is 19.7. The minimum absolute atomic E-state index is 0.136. The van der Waals surface area contributed by atoms with Gasteiger partial charge in [-0.1, -0.05) is 0 Å². The van der Waals surface area contributed by atoms with Gasteiger partial charge in [0.15, 0.2) is 5.58 Å². The fourth-order valence-electron chi connectivity index (χ4n) is 5.16. The van der Waals surface area contributed by atoms with E-state index in [2.05, 4.69) is 9.88 Å². The highest BCUT2D eigenvalue weighted by molar-refractivity contribution is 7.09. The van der Waals surface area contributed by atoms with E-state index in [-0.39, 0.29) is 17.4 Å². The van der Waals surface area contributed by atoms with E-state index in [0.717, 1.165) is 23.4 Å². The van der Waals surface area contributed by atoms with Gasteiger partial charge in [-0.05, 0) is 51.5 Å². The Kier molecular flexibility index (Phi) is 8.27. The van der Waals surface area contributed by atoms with Crippen molar-refractivity contribution < 1.29 is 18.7 Å². The molecule has 0 saturated carbocycles. The van der Waals surface area contributed by atoms with Gasteiger partial charge in [-0.15, -0.1) is 11.3 Å². The zero-order valence-corrected chi connectivity index (χ0v) is 24.6. The molecule has 216 valence electrons. The number of carbonyl (C=O) groups excluding carboxylic acids is 2. The lowest BCUT2D eigenvalue weighted by Gasteiger charge is -2.27. The average Bonchev–Trinajstić information content (AvgIpc) is 3.66. The van der Waals surface area contributed by atoms with Crippen LogP contribution in [0.15, 0.2) is 63.6 Å². The van der Waals surface area contributed by atoms with Crippen molar-refractivity contribution in [1.29, 1.82) is 0 Å². The Labute approximate surface area is 242 Å². The van der Waals surface area contributed by atoms with Crippen LogP contribution in [0.2, 0.25) is 0 Å². The van der Waals surface area contributed by atoms with Crippen LogP contribution in [-0.2, 0) is 22.7 Å². The van der Waals surface area contributed by atoms with Gasteiger partial charge in [0, 0.05) is 62.5 Å². The van der Waals surface area contributed by atoms with Gasteiger partial charge in [-0.2, -0.15) is 0 Å². The molecule has 0 radical (unpaired) electrons. The molecular weight excluding hydrogens is 542 g/mol. The highest BCUT2D eigenvalue weighted by Gasteiger charge is 2.45. The lowest BCUT2D eigenvalue weighted by Crippen LogP contribution is -2.47. The fourth-order valence-corrected chi connectivity index (χ4v) is 5.82. The minimum atomic E-state index is -1.15. The van der Waals surface area contributed by atoms with E-state index < -0.39 is 5.41 Å². The summed E-state index contributed by atoms with van der Waals surface area (Å²) in [5.74, 6) is 0.173. The quantitative estimate of drug-likeness (QED) is 0.193. The van der Waals surface area contributed by atoms with Crippen molar-refractivity contribution in [2.24, 2.45) is 5.41 Å². The molecule has 0 N–H and O–H groups in total. The highest BCUT2D eigenvalue weighted by atomic mass is 32.1. The van der Waals surface area contributed by atoms with Crippen LogP contribution in [-0.4, -0.2) is 59.6 Å². The normalized spacial score (nSPS) is 15.0. The van der Waals surface area contributed by atoms with Crippen molar-refractivity contribution in [1.82, 2.24) is 14.5 Å². The third-order valence-corrected chi connectivity index (χ3v) is 8.27. The first-order valence-electron chi connectivity index (χ1n) is 13.7. The van der Waals surface area contributed by atoms with Crippen LogP contribution in [0.25, 0.3) is 11.0 Å². The second-order valence-electron chi connectivity index (χ2n) is 10.6. The Hall–Kier alpha value is -3.96. The van der Waals surface area contributed by atoms with Crippen molar-refractivity contribution in [3.63, 3.8) is 0 Å². The molecule has 41 heavy (non-hydrogen) atoms. The molecule has 11 heteroatoms. The number of nitrogens with zero attached hydrogens (tertiary/aromatic N) is 5. The van der Waals surface area contributed by atoms with Gasteiger partial charge in [0.1, 0.15) is 16.2 Å². The number of furan rings is 1. The Morgan fingerprint density at radius 1 is 1.07 bits per heavy atom. The maximum absolute atomic E-state index is 13.1. The number of pyridine rings is 1. The number of amides is 2. The smallest absolute Gasteiger partial charge is 0.294 e. The molecule has 1 aliphatic heterocycles. The molecule has 0 bridgehead atoms. The van der Waals surface area contributed by atoms with E-state index in [0.29, 0.717) is 55.5 Å². The number of rotatable bonds is 11. The Bertz CT molecular complexity index is 1590. The molecule has 0 saturated heterocycles. The number of hydrogen-bond acceptors (Lipinski definition) is 8. The highest BCUT2D eigenvalue weighted by Crippen LogP contribution is 2.40. The summed E-state index contributed by atoms with van der Waals surface area (Å²) in [7, 11) is 1.70. The summed E-state index contributed by atoms with van der Waals surface area (Å²) in [6.07, 6.45) is 5.88. The maximum Gasteiger partial charge on any atom is 0.294 e. The van der Waals surface area contributed by atoms with Gasteiger partial charge >= 0.3 is 0 Å². The molecule has 0 unspecified atom stereocenters. The Morgan fingerprint density at radius 3 is 2.66 bits per heavy atom. The largest absolute Gasteiger partial charge is 0.493 e. The summed E-state index contributed by atoms with van der Waals surface area (Å²) in [5.41, 5.74) is 0.431. The number of hydrogen-bond donors (Lipinski definition) is 0. The van der Waals surface area contributed by atoms with Crippen LogP contribution in [0.5, 0.6) is 5.75 Å². The summed E-state index contributed by atoms with van der Waals surface area (Å²) in [6.45, 7) is 8.78. The number of benzene rings is 1. The predicted molar refractivity (Wildman–Crippen MR) is 160 cm³/mol. The fraction of sp³-hybridized carbons (Fsp3) is 0.400. The van der Waals surface area contributed by atoms with Crippen molar-refractivity contribution in [2.75, 3.05) is 43.1 Å². The Morgan fingerprint density at radius 2 is 1.90 bits per heavy atom. The molecule has 0 aliphatic carbocycles. The number of fused-ring (bicyclic) bond motifs is 2. The summed E-state index contributed by atoms with van der Waals surface area (Å²) >= 11 is 1.60. The summed E-state index contributed by atoms with van der Waals surface area (Å²) in [6, 6.07) is 9.20. The van der Waals surface area contributed by atoms with Crippen LogP contribution >= 0.6 is 11.3 Å². The number of carbonyl (C=O) groups is 2. The molecule has 5 rings (SSSR count). The van der Waals surface area contributed by atoms with Crippen molar-refractivity contribution in [3.8, 4) is 5.75 Å². The van der Waals surface area contributed by atoms with E-state index >= 15 is 0 Å². The first-order valence-corrected chi connectivity index (χ1v) is 14.6. The SMILES string of the molecule is CCN1C(=O)C(C)(C)C(=O)N(C)c2cc(OCCCN(CCn3ccc4ccoc4c3=O)Cc3nccs3)ccc21. The van der Waals surface area contributed by atoms with Crippen LogP contribution in [0.4, 0.5) is 11.4 Å². The molecule has 1 aromatic carbocycles. The number of anilines is 2. The molecule has 2 amide bonds. The van der Waals surface area contributed by atoms with Crippen molar-refractivity contribution in [2.45, 2.75) is 40.3 Å². The molecule has 1 aliphatic rings. The zero-order valence-electron chi connectivity index (χ0n) is 23.8. The van der Waals surface area contributed by atoms with E-state index in [4.69, 9.17) is 9.15 Å². The summed E-state index contributed by atoms with van der Waals surface area (Å²) in [4.78, 5) is 48.9. The van der Waals surface area contributed by atoms with Crippen LogP contribution in [0.3, 0.4) is 0 Å².